The van der Waals surface area contributed by atoms with Crippen molar-refractivity contribution in [3.63, 3.8) is 0 Å². The predicted octanol–water partition coefficient (Wildman–Crippen LogP) is 2.55. The molecule has 1 aliphatic rings. The minimum Gasteiger partial charge on any atom is -0.327 e. The van der Waals surface area contributed by atoms with Gasteiger partial charge in [-0.25, -0.2) is 4.98 Å². The van der Waals surface area contributed by atoms with Crippen LogP contribution in [0.3, 0.4) is 0 Å². The maximum atomic E-state index is 6.05. The number of aromatic nitrogens is 2. The van der Waals surface area contributed by atoms with Gasteiger partial charge in [-0.1, -0.05) is 24.3 Å². The summed E-state index contributed by atoms with van der Waals surface area (Å²) in [5.41, 5.74) is 9.83. The molecular formula is C14H18ClN3. The zero-order valence-electron chi connectivity index (χ0n) is 10.5. The Morgan fingerprint density at radius 3 is 2.89 bits per heavy atom. The van der Waals surface area contributed by atoms with E-state index in [0.717, 1.165) is 25.2 Å². The monoisotopic (exact) mass is 263 g/mol. The molecule has 1 aromatic carbocycles. The highest BCUT2D eigenvalue weighted by Crippen LogP contribution is 2.26. The van der Waals surface area contributed by atoms with Crippen molar-refractivity contribution in [2.24, 2.45) is 5.73 Å². The summed E-state index contributed by atoms with van der Waals surface area (Å²) in [7, 11) is 0. The quantitative estimate of drug-likeness (QED) is 0.859. The molecule has 96 valence electrons. The summed E-state index contributed by atoms with van der Waals surface area (Å²) in [6.07, 6.45) is 4.10. The highest BCUT2D eigenvalue weighted by atomic mass is 35.5. The van der Waals surface area contributed by atoms with Gasteiger partial charge in [0.25, 0.3) is 0 Å². The number of nitrogens with zero attached hydrogens (tertiary/aromatic N) is 2. The predicted molar refractivity (Wildman–Crippen MR) is 75.9 cm³/mol. The van der Waals surface area contributed by atoms with E-state index in [9.17, 15) is 0 Å². The lowest BCUT2D eigenvalue weighted by atomic mass is 10.0. The van der Waals surface area contributed by atoms with E-state index in [0.29, 0.717) is 0 Å². The fourth-order valence-electron chi connectivity index (χ4n) is 2.51. The molecule has 18 heavy (non-hydrogen) atoms. The minimum absolute atomic E-state index is 0. The van der Waals surface area contributed by atoms with Gasteiger partial charge in [0.1, 0.15) is 5.82 Å². The molecule has 0 aliphatic carbocycles. The Bertz CT molecular complexity index is 548. The van der Waals surface area contributed by atoms with Gasteiger partial charge >= 0.3 is 0 Å². The van der Waals surface area contributed by atoms with Crippen LogP contribution in [0.2, 0.25) is 0 Å². The van der Waals surface area contributed by atoms with E-state index in [1.165, 1.54) is 16.8 Å². The maximum absolute atomic E-state index is 6.05. The lowest BCUT2D eigenvalue weighted by Gasteiger charge is -2.22. The van der Waals surface area contributed by atoms with E-state index in [2.05, 4.69) is 40.7 Å². The molecule has 2 heterocycles. The van der Waals surface area contributed by atoms with Crippen molar-refractivity contribution in [3.05, 3.63) is 41.7 Å². The third kappa shape index (κ3) is 2.16. The van der Waals surface area contributed by atoms with Crippen molar-refractivity contribution in [2.45, 2.75) is 32.4 Å². The molecule has 0 amide bonds. The van der Waals surface area contributed by atoms with Crippen LogP contribution in [0.25, 0.3) is 11.4 Å². The molecule has 2 aromatic rings. The van der Waals surface area contributed by atoms with Crippen LogP contribution in [0.1, 0.15) is 17.7 Å². The van der Waals surface area contributed by atoms with Crippen molar-refractivity contribution in [3.8, 4) is 11.4 Å². The summed E-state index contributed by atoms with van der Waals surface area (Å²) < 4.78 is 2.27. The van der Waals surface area contributed by atoms with Gasteiger partial charge in [0.2, 0.25) is 0 Å². The van der Waals surface area contributed by atoms with E-state index >= 15 is 0 Å². The van der Waals surface area contributed by atoms with E-state index in [4.69, 9.17) is 5.73 Å². The van der Waals surface area contributed by atoms with Crippen molar-refractivity contribution < 1.29 is 0 Å². The molecular weight excluding hydrogens is 246 g/mol. The zero-order chi connectivity index (χ0) is 11.8. The molecule has 1 aliphatic heterocycles. The van der Waals surface area contributed by atoms with Crippen LogP contribution >= 0.6 is 12.4 Å². The van der Waals surface area contributed by atoms with Crippen LogP contribution < -0.4 is 5.73 Å². The van der Waals surface area contributed by atoms with Gasteiger partial charge in [-0.05, 0) is 25.3 Å². The number of imidazole rings is 1. The van der Waals surface area contributed by atoms with Crippen LogP contribution in [-0.4, -0.2) is 15.6 Å². The van der Waals surface area contributed by atoms with Crippen molar-refractivity contribution in [1.82, 2.24) is 9.55 Å². The maximum Gasteiger partial charge on any atom is 0.140 e. The number of hydrogen-bond donors (Lipinski definition) is 1. The van der Waals surface area contributed by atoms with Gasteiger partial charge in [0.15, 0.2) is 0 Å². The smallest absolute Gasteiger partial charge is 0.140 e. The summed E-state index contributed by atoms with van der Waals surface area (Å²) in [4.78, 5) is 4.57. The summed E-state index contributed by atoms with van der Waals surface area (Å²) in [5.74, 6) is 1.06. The molecule has 1 aromatic heterocycles. The SMILES string of the molecule is Cc1ccccc1-c1ncc2n1CC(N)CC2.Cl. The van der Waals surface area contributed by atoms with E-state index in [1.807, 2.05) is 6.20 Å². The van der Waals surface area contributed by atoms with Crippen LogP contribution in [0, 0.1) is 6.92 Å². The molecule has 1 unspecified atom stereocenters. The Labute approximate surface area is 113 Å². The summed E-state index contributed by atoms with van der Waals surface area (Å²) in [5, 5.41) is 0. The second kappa shape index (κ2) is 5.12. The molecule has 3 nitrogen and oxygen atoms in total. The van der Waals surface area contributed by atoms with Gasteiger partial charge in [-0.3, -0.25) is 0 Å². The lowest BCUT2D eigenvalue weighted by Crippen LogP contribution is -2.32. The molecule has 0 radical (unpaired) electrons. The number of hydrogen-bond acceptors (Lipinski definition) is 2. The first-order valence-corrected chi connectivity index (χ1v) is 6.11. The van der Waals surface area contributed by atoms with Crippen LogP contribution in [0.15, 0.2) is 30.5 Å². The molecule has 4 heteroatoms. The summed E-state index contributed by atoms with van der Waals surface area (Å²) in [6.45, 7) is 3.01. The summed E-state index contributed by atoms with van der Waals surface area (Å²) in [6, 6.07) is 8.64. The van der Waals surface area contributed by atoms with E-state index in [1.54, 1.807) is 0 Å². The highest BCUT2D eigenvalue weighted by molar-refractivity contribution is 5.85. The number of rotatable bonds is 1. The normalized spacial score (nSPS) is 18.0. The number of fused-ring (bicyclic) bond motifs is 1. The molecule has 0 spiro atoms. The molecule has 0 bridgehead atoms. The first kappa shape index (κ1) is 13.1. The Balaban J connectivity index is 0.00000120. The Morgan fingerprint density at radius 2 is 2.11 bits per heavy atom. The molecule has 1 atom stereocenters. The van der Waals surface area contributed by atoms with Crippen LogP contribution in [0.5, 0.6) is 0 Å². The topological polar surface area (TPSA) is 43.8 Å². The second-order valence-electron chi connectivity index (χ2n) is 4.80. The minimum atomic E-state index is 0. The van der Waals surface area contributed by atoms with Crippen LogP contribution in [-0.2, 0) is 13.0 Å². The fourth-order valence-corrected chi connectivity index (χ4v) is 2.51. The molecule has 3 rings (SSSR count). The Kier molecular flexibility index (Phi) is 3.73. The molecule has 0 saturated carbocycles. The number of benzene rings is 1. The lowest BCUT2D eigenvalue weighted by molar-refractivity contribution is 0.463. The van der Waals surface area contributed by atoms with Crippen LogP contribution in [0.4, 0.5) is 0 Å². The van der Waals surface area contributed by atoms with Crippen molar-refractivity contribution in [1.29, 1.82) is 0 Å². The van der Waals surface area contributed by atoms with Crippen molar-refractivity contribution >= 4 is 12.4 Å². The standard InChI is InChI=1S/C14H17N3.ClH/c1-10-4-2-3-5-13(10)14-16-8-12-7-6-11(15)9-17(12)14;/h2-5,8,11H,6-7,9,15H2,1H3;1H. The summed E-state index contributed by atoms with van der Waals surface area (Å²) >= 11 is 0. The van der Waals surface area contributed by atoms with E-state index in [-0.39, 0.29) is 18.4 Å². The van der Waals surface area contributed by atoms with Gasteiger partial charge in [0, 0.05) is 30.0 Å². The number of halogens is 1. The average molecular weight is 264 g/mol. The number of nitrogens with two attached hydrogens (primary N) is 1. The van der Waals surface area contributed by atoms with Gasteiger partial charge in [0.05, 0.1) is 0 Å². The molecule has 0 fully saturated rings. The average Bonchev–Trinajstić information content (AvgIpc) is 2.72. The van der Waals surface area contributed by atoms with Gasteiger partial charge in [-0.2, -0.15) is 0 Å². The Morgan fingerprint density at radius 1 is 1.33 bits per heavy atom. The third-order valence-corrected chi connectivity index (χ3v) is 3.51. The first-order chi connectivity index (χ1) is 8.25. The first-order valence-electron chi connectivity index (χ1n) is 6.11. The fraction of sp³-hybridized carbons (Fsp3) is 0.357. The van der Waals surface area contributed by atoms with Gasteiger partial charge < -0.3 is 10.3 Å². The Hall–Kier alpha value is -1.32. The molecule has 0 saturated heterocycles. The third-order valence-electron chi connectivity index (χ3n) is 3.51. The van der Waals surface area contributed by atoms with Gasteiger partial charge in [-0.15, -0.1) is 12.4 Å². The van der Waals surface area contributed by atoms with E-state index < -0.39 is 0 Å². The zero-order valence-corrected chi connectivity index (χ0v) is 11.3. The van der Waals surface area contributed by atoms with Crippen molar-refractivity contribution in [2.75, 3.05) is 0 Å². The largest absolute Gasteiger partial charge is 0.327 e. The second-order valence-corrected chi connectivity index (χ2v) is 4.80. The number of aryl methyl sites for hydroxylation is 2. The highest BCUT2D eigenvalue weighted by Gasteiger charge is 2.19. The molecule has 2 N–H and O–H groups in total.